The minimum atomic E-state index is -2.17. The van der Waals surface area contributed by atoms with Gasteiger partial charge in [0.05, 0.1) is 6.07 Å². The Labute approximate surface area is 127 Å². The van der Waals surface area contributed by atoms with Crippen LogP contribution in [0.2, 0.25) is 19.1 Å². The normalized spacial score (nSPS) is 18.8. The standard InChI is InChI=1S/C14H26N4O2Si/c1-4-18-8-6-14(11-15,7-9-18)17-12(19)5-10-21(2,3)13(16)20/h4-10H2,1-3H3,(H2,16,20)(H,17,19). The predicted octanol–water partition coefficient (Wildman–Crippen LogP) is 1.24. The molecule has 1 rings (SSSR count). The second-order valence-electron chi connectivity index (χ2n) is 6.42. The van der Waals surface area contributed by atoms with Gasteiger partial charge in [-0.1, -0.05) is 20.0 Å². The van der Waals surface area contributed by atoms with Crippen molar-refractivity contribution in [2.75, 3.05) is 19.6 Å². The zero-order valence-electron chi connectivity index (χ0n) is 13.2. The summed E-state index contributed by atoms with van der Waals surface area (Å²) in [6.45, 7) is 8.44. The second-order valence-corrected chi connectivity index (χ2v) is 11.2. The SMILES string of the molecule is CCN1CCC(C#N)(NC(=O)CC[Si](C)(C)C(N)=O)CC1. The maximum absolute atomic E-state index is 12.1. The number of hydrogen-bond acceptors (Lipinski definition) is 4. The largest absolute Gasteiger partial charge is 0.374 e. The summed E-state index contributed by atoms with van der Waals surface area (Å²) in [6, 6.07) is 2.80. The molecule has 0 aromatic carbocycles. The minimum Gasteiger partial charge on any atom is -0.374 e. The van der Waals surface area contributed by atoms with E-state index in [2.05, 4.69) is 23.2 Å². The number of nitriles is 1. The van der Waals surface area contributed by atoms with Gasteiger partial charge in [-0.25, -0.2) is 0 Å². The number of nitrogens with zero attached hydrogens (tertiary/aromatic N) is 2. The molecule has 0 radical (unpaired) electrons. The smallest absolute Gasteiger partial charge is 0.220 e. The summed E-state index contributed by atoms with van der Waals surface area (Å²) in [5, 5.41) is 12.3. The third kappa shape index (κ3) is 4.83. The summed E-state index contributed by atoms with van der Waals surface area (Å²) in [6.07, 6.45) is 1.57. The van der Waals surface area contributed by atoms with Crippen molar-refractivity contribution in [3.63, 3.8) is 0 Å². The van der Waals surface area contributed by atoms with E-state index in [1.807, 2.05) is 13.1 Å². The van der Waals surface area contributed by atoms with E-state index in [1.165, 1.54) is 0 Å². The molecule has 6 nitrogen and oxygen atoms in total. The molecule has 21 heavy (non-hydrogen) atoms. The van der Waals surface area contributed by atoms with Crippen LogP contribution in [0.15, 0.2) is 0 Å². The van der Waals surface area contributed by atoms with E-state index in [0.29, 0.717) is 18.9 Å². The summed E-state index contributed by atoms with van der Waals surface area (Å²) in [4.78, 5) is 25.7. The Hall–Kier alpha value is -1.39. The molecular formula is C14H26N4O2Si. The molecule has 0 unspecified atom stereocenters. The van der Waals surface area contributed by atoms with Gasteiger partial charge >= 0.3 is 0 Å². The van der Waals surface area contributed by atoms with Gasteiger partial charge in [0, 0.05) is 19.5 Å². The average Bonchev–Trinajstić information content (AvgIpc) is 2.46. The van der Waals surface area contributed by atoms with Gasteiger partial charge in [-0.2, -0.15) is 5.26 Å². The predicted molar refractivity (Wildman–Crippen MR) is 84.3 cm³/mol. The molecule has 0 bridgehead atoms. The van der Waals surface area contributed by atoms with Gasteiger partial charge in [0.2, 0.25) is 5.91 Å². The van der Waals surface area contributed by atoms with Gasteiger partial charge in [0.1, 0.15) is 5.54 Å². The Morgan fingerprint density at radius 2 is 1.95 bits per heavy atom. The number of nitrogens with one attached hydrogen (secondary N) is 1. The van der Waals surface area contributed by atoms with Gasteiger partial charge < -0.3 is 16.0 Å². The van der Waals surface area contributed by atoms with Crippen LogP contribution in [0.1, 0.15) is 26.2 Å². The molecule has 1 saturated heterocycles. The molecule has 0 aliphatic carbocycles. The zero-order valence-corrected chi connectivity index (χ0v) is 14.2. The highest BCUT2D eigenvalue weighted by Gasteiger charge is 2.36. The van der Waals surface area contributed by atoms with E-state index >= 15 is 0 Å². The van der Waals surface area contributed by atoms with Crippen LogP contribution in [0.3, 0.4) is 0 Å². The number of carbonyl (C=O) groups excluding carboxylic acids is 2. The van der Waals surface area contributed by atoms with E-state index in [9.17, 15) is 14.9 Å². The van der Waals surface area contributed by atoms with E-state index in [0.717, 1.165) is 19.6 Å². The lowest BCUT2D eigenvalue weighted by atomic mass is 9.89. The maximum atomic E-state index is 12.1. The third-order valence-electron chi connectivity index (χ3n) is 4.39. The molecule has 1 heterocycles. The van der Waals surface area contributed by atoms with Crippen LogP contribution in [0.25, 0.3) is 0 Å². The van der Waals surface area contributed by atoms with Crippen LogP contribution in [-0.4, -0.2) is 49.6 Å². The van der Waals surface area contributed by atoms with E-state index in [1.54, 1.807) is 0 Å². The fourth-order valence-electron chi connectivity index (χ4n) is 2.39. The summed E-state index contributed by atoms with van der Waals surface area (Å²) < 4.78 is 0. The Kier molecular flexibility index (Phi) is 5.93. The third-order valence-corrected chi connectivity index (χ3v) is 7.23. The number of amides is 2. The quantitative estimate of drug-likeness (QED) is 0.721. The monoisotopic (exact) mass is 310 g/mol. The molecular weight excluding hydrogens is 284 g/mol. The van der Waals surface area contributed by atoms with E-state index in [-0.39, 0.29) is 17.9 Å². The number of rotatable bonds is 6. The lowest BCUT2D eigenvalue weighted by molar-refractivity contribution is -0.122. The second kappa shape index (κ2) is 7.05. The fraction of sp³-hybridized carbons (Fsp3) is 0.786. The Bertz CT molecular complexity index is 437. The molecule has 0 saturated carbocycles. The number of nitrogens with two attached hydrogens (primary N) is 1. The van der Waals surface area contributed by atoms with Crippen molar-refractivity contribution < 1.29 is 9.59 Å². The highest BCUT2D eigenvalue weighted by atomic mass is 28.3. The molecule has 0 atom stereocenters. The molecule has 0 aromatic heterocycles. The van der Waals surface area contributed by atoms with E-state index < -0.39 is 13.6 Å². The minimum absolute atomic E-state index is 0.150. The molecule has 1 fully saturated rings. The van der Waals surface area contributed by atoms with Crippen molar-refractivity contribution in [1.82, 2.24) is 10.2 Å². The zero-order chi connectivity index (χ0) is 16.1. The highest BCUT2D eigenvalue weighted by molar-refractivity contribution is 7.04. The maximum Gasteiger partial charge on any atom is 0.220 e. The topological polar surface area (TPSA) is 99.2 Å². The molecule has 0 spiro atoms. The molecule has 3 N–H and O–H groups in total. The van der Waals surface area contributed by atoms with E-state index in [4.69, 9.17) is 5.73 Å². The molecule has 2 amide bonds. The van der Waals surface area contributed by atoms with Crippen LogP contribution in [0, 0.1) is 11.3 Å². The first kappa shape index (κ1) is 17.7. The molecule has 7 heteroatoms. The van der Waals surface area contributed by atoms with Crippen molar-refractivity contribution in [2.24, 2.45) is 5.73 Å². The molecule has 1 aliphatic rings. The van der Waals surface area contributed by atoms with Gasteiger partial charge in [-0.05, 0) is 25.4 Å². The summed E-state index contributed by atoms with van der Waals surface area (Å²) in [5.41, 5.74) is 4.33. The van der Waals surface area contributed by atoms with Crippen LogP contribution < -0.4 is 11.1 Å². The van der Waals surface area contributed by atoms with Crippen molar-refractivity contribution in [3.8, 4) is 6.07 Å². The van der Waals surface area contributed by atoms with Crippen molar-refractivity contribution in [2.45, 2.75) is 50.9 Å². The summed E-state index contributed by atoms with van der Waals surface area (Å²) in [5.74, 6) is -0.150. The number of primary amides is 1. The first-order valence-electron chi connectivity index (χ1n) is 7.49. The molecule has 118 valence electrons. The van der Waals surface area contributed by atoms with Crippen LogP contribution in [0.5, 0.6) is 0 Å². The van der Waals surface area contributed by atoms with Crippen LogP contribution >= 0.6 is 0 Å². The van der Waals surface area contributed by atoms with Crippen LogP contribution in [0.4, 0.5) is 4.79 Å². The Morgan fingerprint density at radius 1 is 1.38 bits per heavy atom. The summed E-state index contributed by atoms with van der Waals surface area (Å²) >= 11 is 0. The van der Waals surface area contributed by atoms with Crippen molar-refractivity contribution in [3.05, 3.63) is 0 Å². The fourth-order valence-corrected chi connectivity index (χ4v) is 3.49. The van der Waals surface area contributed by atoms with Gasteiger partial charge in [-0.3, -0.25) is 9.59 Å². The Morgan fingerprint density at radius 3 is 2.38 bits per heavy atom. The van der Waals surface area contributed by atoms with Gasteiger partial charge in [0.25, 0.3) is 0 Å². The summed E-state index contributed by atoms with van der Waals surface area (Å²) in [7, 11) is -2.17. The number of piperidine rings is 1. The number of carbonyl (C=O) groups is 2. The first-order chi connectivity index (χ1) is 9.74. The van der Waals surface area contributed by atoms with Crippen molar-refractivity contribution in [1.29, 1.82) is 5.26 Å². The average molecular weight is 310 g/mol. The highest BCUT2D eigenvalue weighted by Crippen LogP contribution is 2.22. The van der Waals surface area contributed by atoms with Gasteiger partial charge in [-0.15, -0.1) is 0 Å². The number of likely N-dealkylation sites (tertiary alicyclic amines) is 1. The lowest BCUT2D eigenvalue weighted by Crippen LogP contribution is -2.54. The lowest BCUT2D eigenvalue weighted by Gasteiger charge is -2.37. The van der Waals surface area contributed by atoms with Crippen LogP contribution in [-0.2, 0) is 4.79 Å². The number of hydrogen-bond donors (Lipinski definition) is 2. The van der Waals surface area contributed by atoms with Gasteiger partial charge in [0.15, 0.2) is 13.6 Å². The Balaban J connectivity index is 2.53. The molecule has 0 aromatic rings. The first-order valence-corrected chi connectivity index (χ1v) is 10.7. The molecule has 1 aliphatic heterocycles. The van der Waals surface area contributed by atoms with Crippen molar-refractivity contribution >= 4 is 19.5 Å².